The van der Waals surface area contributed by atoms with Crippen LogP contribution in [0.2, 0.25) is 0 Å². The Morgan fingerprint density at radius 1 is 1.36 bits per heavy atom. The van der Waals surface area contributed by atoms with Crippen LogP contribution in [0.5, 0.6) is 0 Å². The summed E-state index contributed by atoms with van der Waals surface area (Å²) in [4.78, 5) is 0. The lowest BCUT2D eigenvalue weighted by Gasteiger charge is -2.33. The lowest BCUT2D eigenvalue weighted by atomic mass is 9.84. The van der Waals surface area contributed by atoms with Gasteiger partial charge in [-0.25, -0.2) is 0 Å². The van der Waals surface area contributed by atoms with Crippen molar-refractivity contribution in [2.24, 2.45) is 11.1 Å². The molecule has 0 saturated carbocycles. The van der Waals surface area contributed by atoms with E-state index in [1.54, 1.807) is 0 Å². The lowest BCUT2D eigenvalue weighted by Crippen LogP contribution is -2.48. The lowest BCUT2D eigenvalue weighted by molar-refractivity contribution is -0.0251. The molecule has 3 N–H and O–H groups in total. The topological polar surface area (TPSA) is 55.5 Å². The molecule has 3 heteroatoms. The van der Waals surface area contributed by atoms with Crippen molar-refractivity contribution in [3.63, 3.8) is 0 Å². The van der Waals surface area contributed by atoms with Crippen molar-refractivity contribution < 1.29 is 9.84 Å². The average Bonchev–Trinajstić information content (AvgIpc) is 2.10. The molecule has 3 nitrogen and oxygen atoms in total. The van der Waals surface area contributed by atoms with E-state index in [9.17, 15) is 0 Å². The largest absolute Gasteiger partial charge is 0.394 e. The normalized spacial score (nSPS) is 16.7. The van der Waals surface area contributed by atoms with Gasteiger partial charge in [-0.2, -0.15) is 0 Å². The van der Waals surface area contributed by atoms with E-state index in [4.69, 9.17) is 15.6 Å². The highest BCUT2D eigenvalue weighted by Crippen LogP contribution is 2.21. The van der Waals surface area contributed by atoms with Crippen LogP contribution in [-0.4, -0.2) is 30.5 Å². The summed E-state index contributed by atoms with van der Waals surface area (Å²) in [7, 11) is 0. The molecule has 0 aliphatic rings. The number of hydrogen-bond donors (Lipinski definition) is 2. The molecular weight excluding hydrogens is 178 g/mol. The molecule has 0 aromatic carbocycles. The molecular formula is C11H25NO2. The molecule has 0 aromatic heterocycles. The minimum absolute atomic E-state index is 0.00213. The molecule has 0 aliphatic heterocycles. The quantitative estimate of drug-likeness (QED) is 0.644. The first-order valence-corrected chi connectivity index (χ1v) is 5.41. The van der Waals surface area contributed by atoms with Crippen molar-refractivity contribution >= 4 is 0 Å². The fourth-order valence-corrected chi connectivity index (χ4v) is 1.21. The number of nitrogens with two attached hydrogens (primary N) is 1. The van der Waals surface area contributed by atoms with Gasteiger partial charge in [0, 0.05) is 12.6 Å². The van der Waals surface area contributed by atoms with Crippen molar-refractivity contribution in [2.45, 2.75) is 52.7 Å². The first-order valence-electron chi connectivity index (χ1n) is 5.41. The Hall–Kier alpha value is -0.120. The number of aliphatic hydroxyl groups excluding tert-OH is 1. The monoisotopic (exact) mass is 203 g/mol. The Morgan fingerprint density at radius 3 is 2.29 bits per heavy atom. The van der Waals surface area contributed by atoms with E-state index in [0.717, 1.165) is 12.8 Å². The van der Waals surface area contributed by atoms with Gasteiger partial charge < -0.3 is 15.6 Å². The highest BCUT2D eigenvalue weighted by Gasteiger charge is 2.28. The van der Waals surface area contributed by atoms with Gasteiger partial charge in [0.15, 0.2) is 0 Å². The highest BCUT2D eigenvalue weighted by atomic mass is 16.5. The predicted octanol–water partition coefficient (Wildman–Crippen LogP) is 1.54. The molecule has 0 rings (SSSR count). The predicted molar refractivity (Wildman–Crippen MR) is 59.2 cm³/mol. The van der Waals surface area contributed by atoms with Gasteiger partial charge in [0.1, 0.15) is 0 Å². The maximum Gasteiger partial charge on any atom is 0.0961 e. The van der Waals surface area contributed by atoms with E-state index in [0.29, 0.717) is 6.61 Å². The Labute approximate surface area is 87.6 Å². The molecule has 0 saturated heterocycles. The van der Waals surface area contributed by atoms with Crippen LogP contribution >= 0.6 is 0 Å². The van der Waals surface area contributed by atoms with Gasteiger partial charge in [0.05, 0.1) is 12.7 Å². The van der Waals surface area contributed by atoms with Crippen molar-refractivity contribution in [1.29, 1.82) is 0 Å². The molecule has 2 atom stereocenters. The summed E-state index contributed by atoms with van der Waals surface area (Å²) in [6.45, 7) is 8.98. The van der Waals surface area contributed by atoms with Gasteiger partial charge in [-0.15, -0.1) is 0 Å². The first kappa shape index (κ1) is 13.9. The van der Waals surface area contributed by atoms with Crippen molar-refractivity contribution in [3.05, 3.63) is 0 Å². The average molecular weight is 203 g/mol. The number of hydrogen-bond acceptors (Lipinski definition) is 3. The van der Waals surface area contributed by atoms with Crippen LogP contribution in [0.15, 0.2) is 0 Å². The third kappa shape index (κ3) is 4.94. The Balaban J connectivity index is 3.99. The second kappa shape index (κ2) is 6.38. The molecule has 2 unspecified atom stereocenters. The van der Waals surface area contributed by atoms with Gasteiger partial charge >= 0.3 is 0 Å². The van der Waals surface area contributed by atoms with E-state index in [2.05, 4.69) is 27.7 Å². The second-order valence-corrected chi connectivity index (χ2v) is 4.84. The van der Waals surface area contributed by atoms with Crippen LogP contribution in [0.1, 0.15) is 40.5 Å². The molecule has 0 fully saturated rings. The number of aliphatic hydroxyl groups is 1. The van der Waals surface area contributed by atoms with E-state index in [1.165, 1.54) is 0 Å². The fraction of sp³-hybridized carbons (Fsp3) is 1.00. The molecule has 0 bridgehead atoms. The van der Waals surface area contributed by atoms with Gasteiger partial charge in [0.25, 0.3) is 0 Å². The second-order valence-electron chi connectivity index (χ2n) is 4.84. The van der Waals surface area contributed by atoms with Crippen LogP contribution in [0.4, 0.5) is 0 Å². The van der Waals surface area contributed by atoms with E-state index < -0.39 is 0 Å². The smallest absolute Gasteiger partial charge is 0.0961 e. The first-order chi connectivity index (χ1) is 6.43. The summed E-state index contributed by atoms with van der Waals surface area (Å²) in [5.41, 5.74) is 5.97. The summed E-state index contributed by atoms with van der Waals surface area (Å²) in [6, 6.07) is -0.121. The fourth-order valence-electron chi connectivity index (χ4n) is 1.21. The standard InChI is InChI=1S/C11H25NO2/c1-5-6-7-14-9(8-13)10(12)11(2,3)4/h9-10,13H,5-8,12H2,1-4H3. The Morgan fingerprint density at radius 2 is 1.93 bits per heavy atom. The summed E-state index contributed by atoms with van der Waals surface area (Å²) >= 11 is 0. The number of rotatable bonds is 6. The maximum absolute atomic E-state index is 9.15. The summed E-state index contributed by atoms with van der Waals surface area (Å²) in [5, 5.41) is 9.15. The van der Waals surface area contributed by atoms with Crippen LogP contribution < -0.4 is 5.73 Å². The van der Waals surface area contributed by atoms with Crippen LogP contribution in [-0.2, 0) is 4.74 Å². The SMILES string of the molecule is CCCCOC(CO)C(N)C(C)(C)C. The van der Waals surface area contributed by atoms with Gasteiger partial charge in [0.2, 0.25) is 0 Å². The third-order valence-corrected chi connectivity index (χ3v) is 2.41. The minimum atomic E-state index is -0.235. The molecule has 0 radical (unpaired) electrons. The summed E-state index contributed by atoms with van der Waals surface area (Å²) in [5.74, 6) is 0. The molecule has 0 aliphatic carbocycles. The number of ether oxygens (including phenoxy) is 1. The Bertz CT molecular complexity index is 143. The molecule has 0 amide bonds. The third-order valence-electron chi connectivity index (χ3n) is 2.41. The van der Waals surface area contributed by atoms with Crippen molar-refractivity contribution in [3.8, 4) is 0 Å². The van der Waals surface area contributed by atoms with Crippen molar-refractivity contribution in [1.82, 2.24) is 0 Å². The zero-order valence-electron chi connectivity index (χ0n) is 9.92. The van der Waals surface area contributed by atoms with Gasteiger partial charge in [-0.1, -0.05) is 34.1 Å². The minimum Gasteiger partial charge on any atom is -0.394 e. The molecule has 14 heavy (non-hydrogen) atoms. The molecule has 0 heterocycles. The summed E-state index contributed by atoms with van der Waals surface area (Å²) in [6.07, 6.45) is 1.89. The molecule has 0 aromatic rings. The zero-order chi connectivity index (χ0) is 11.2. The zero-order valence-corrected chi connectivity index (χ0v) is 9.92. The van der Waals surface area contributed by atoms with Crippen molar-refractivity contribution in [2.75, 3.05) is 13.2 Å². The van der Waals surface area contributed by atoms with Gasteiger partial charge in [-0.3, -0.25) is 0 Å². The van der Waals surface area contributed by atoms with Crippen LogP contribution in [0.25, 0.3) is 0 Å². The van der Waals surface area contributed by atoms with E-state index in [-0.39, 0.29) is 24.2 Å². The maximum atomic E-state index is 9.15. The Kier molecular flexibility index (Phi) is 6.33. The molecule has 86 valence electrons. The van der Waals surface area contributed by atoms with Gasteiger partial charge in [-0.05, 0) is 11.8 Å². The number of unbranched alkanes of at least 4 members (excludes halogenated alkanes) is 1. The molecule has 0 spiro atoms. The van der Waals surface area contributed by atoms with E-state index >= 15 is 0 Å². The summed E-state index contributed by atoms with van der Waals surface area (Å²) < 4.78 is 5.54. The van der Waals surface area contributed by atoms with E-state index in [1.807, 2.05) is 0 Å². The highest BCUT2D eigenvalue weighted by molar-refractivity contribution is 4.84. The van der Waals surface area contributed by atoms with Crippen LogP contribution in [0.3, 0.4) is 0 Å². The van der Waals surface area contributed by atoms with Crippen LogP contribution in [0, 0.1) is 5.41 Å².